The first-order valence-corrected chi connectivity index (χ1v) is 8.50. The molecule has 0 radical (unpaired) electrons. The molecular formula is C17H24N6O2. The van der Waals surface area contributed by atoms with Crippen LogP contribution in [0.25, 0.3) is 0 Å². The number of aliphatic hydroxyl groups excluding tert-OH is 2. The van der Waals surface area contributed by atoms with Crippen LogP contribution in [0.15, 0.2) is 18.5 Å². The van der Waals surface area contributed by atoms with Crippen LogP contribution in [0.1, 0.15) is 36.0 Å². The maximum Gasteiger partial charge on any atom is 0.228 e. The van der Waals surface area contributed by atoms with E-state index < -0.39 is 0 Å². The number of aliphatic hydroxyl groups is 2. The Kier molecular flexibility index (Phi) is 5.52. The minimum Gasteiger partial charge on any atom is -0.395 e. The first-order valence-electron chi connectivity index (χ1n) is 8.50. The highest BCUT2D eigenvalue weighted by Gasteiger charge is 2.34. The van der Waals surface area contributed by atoms with Gasteiger partial charge < -0.3 is 15.5 Å². The van der Waals surface area contributed by atoms with Crippen LogP contribution < -0.4 is 5.32 Å². The van der Waals surface area contributed by atoms with Crippen LogP contribution in [-0.2, 0) is 0 Å². The van der Waals surface area contributed by atoms with Gasteiger partial charge in [-0.05, 0) is 39.3 Å². The fourth-order valence-electron chi connectivity index (χ4n) is 3.36. The van der Waals surface area contributed by atoms with E-state index in [-0.39, 0.29) is 25.3 Å². The maximum atomic E-state index is 9.54. The number of likely N-dealkylation sites (tertiary alicyclic amines) is 1. The van der Waals surface area contributed by atoms with E-state index in [4.69, 9.17) is 0 Å². The lowest BCUT2D eigenvalue weighted by Gasteiger charge is -2.30. The Morgan fingerprint density at radius 2 is 1.84 bits per heavy atom. The SMILES string of the molecule is Cc1cc(C)nc(Nc2nccnc2C2CCCN2C(CO)CO)n1. The van der Waals surface area contributed by atoms with Gasteiger partial charge in [-0.1, -0.05) is 0 Å². The molecule has 0 bridgehead atoms. The second-order valence-electron chi connectivity index (χ2n) is 6.30. The first-order chi connectivity index (χ1) is 12.1. The molecule has 0 spiro atoms. The van der Waals surface area contributed by atoms with Crippen molar-refractivity contribution in [3.05, 3.63) is 35.5 Å². The van der Waals surface area contributed by atoms with Crippen LogP contribution in [0.4, 0.5) is 11.8 Å². The maximum absolute atomic E-state index is 9.54. The van der Waals surface area contributed by atoms with E-state index in [1.807, 2.05) is 19.9 Å². The average molecular weight is 344 g/mol. The van der Waals surface area contributed by atoms with Crippen LogP contribution in [0.5, 0.6) is 0 Å². The third-order valence-corrected chi connectivity index (χ3v) is 4.44. The van der Waals surface area contributed by atoms with Crippen molar-refractivity contribution in [2.45, 2.75) is 38.8 Å². The van der Waals surface area contributed by atoms with Gasteiger partial charge >= 0.3 is 0 Å². The molecule has 25 heavy (non-hydrogen) atoms. The zero-order chi connectivity index (χ0) is 17.8. The Balaban J connectivity index is 1.90. The number of aryl methyl sites for hydroxylation is 2. The van der Waals surface area contributed by atoms with Crippen LogP contribution >= 0.6 is 0 Å². The first kappa shape index (κ1) is 17.7. The third kappa shape index (κ3) is 3.92. The number of hydrogen-bond donors (Lipinski definition) is 3. The van der Waals surface area contributed by atoms with E-state index in [0.717, 1.165) is 36.5 Å². The molecule has 3 N–H and O–H groups in total. The van der Waals surface area contributed by atoms with Crippen molar-refractivity contribution in [3.63, 3.8) is 0 Å². The molecule has 1 aliphatic heterocycles. The molecule has 8 heteroatoms. The minimum atomic E-state index is -0.292. The number of anilines is 2. The van der Waals surface area contributed by atoms with E-state index in [0.29, 0.717) is 11.8 Å². The van der Waals surface area contributed by atoms with E-state index in [1.54, 1.807) is 12.4 Å². The summed E-state index contributed by atoms with van der Waals surface area (Å²) >= 11 is 0. The highest BCUT2D eigenvalue weighted by molar-refractivity contribution is 5.52. The summed E-state index contributed by atoms with van der Waals surface area (Å²) in [6.07, 6.45) is 5.17. The molecule has 0 amide bonds. The summed E-state index contributed by atoms with van der Waals surface area (Å²) in [6, 6.07) is 1.61. The van der Waals surface area contributed by atoms with Crippen molar-refractivity contribution in [2.75, 3.05) is 25.1 Å². The summed E-state index contributed by atoms with van der Waals surface area (Å²) < 4.78 is 0. The summed E-state index contributed by atoms with van der Waals surface area (Å²) in [5, 5.41) is 22.3. The minimum absolute atomic E-state index is 0.00796. The Hall–Kier alpha value is -2.16. The Morgan fingerprint density at radius 3 is 2.52 bits per heavy atom. The zero-order valence-corrected chi connectivity index (χ0v) is 14.6. The zero-order valence-electron chi connectivity index (χ0n) is 14.6. The number of hydrogen-bond acceptors (Lipinski definition) is 8. The molecule has 2 aromatic heterocycles. The van der Waals surface area contributed by atoms with E-state index in [9.17, 15) is 10.2 Å². The van der Waals surface area contributed by atoms with Gasteiger partial charge in [-0.25, -0.2) is 15.0 Å². The Bertz CT molecular complexity index is 702. The fourth-order valence-corrected chi connectivity index (χ4v) is 3.36. The summed E-state index contributed by atoms with van der Waals surface area (Å²) in [5.74, 6) is 1.10. The number of aromatic nitrogens is 4. The topological polar surface area (TPSA) is 107 Å². The lowest BCUT2D eigenvalue weighted by molar-refractivity contribution is 0.0643. The molecule has 1 saturated heterocycles. The van der Waals surface area contributed by atoms with Crippen LogP contribution in [0, 0.1) is 13.8 Å². The van der Waals surface area contributed by atoms with Gasteiger partial charge in [0.25, 0.3) is 0 Å². The molecule has 1 atom stereocenters. The smallest absolute Gasteiger partial charge is 0.228 e. The van der Waals surface area contributed by atoms with Gasteiger partial charge in [0.2, 0.25) is 5.95 Å². The summed E-state index contributed by atoms with van der Waals surface area (Å²) in [4.78, 5) is 19.8. The van der Waals surface area contributed by atoms with Crippen molar-refractivity contribution in [1.29, 1.82) is 0 Å². The highest BCUT2D eigenvalue weighted by Crippen LogP contribution is 2.35. The van der Waals surface area contributed by atoms with Crippen molar-refractivity contribution >= 4 is 11.8 Å². The predicted octanol–water partition coefficient (Wildman–Crippen LogP) is 1.12. The molecule has 2 aromatic rings. The standard InChI is InChI=1S/C17H24N6O2/c1-11-8-12(2)21-17(20-11)22-16-15(18-5-6-19-16)14-4-3-7-23(14)13(9-24)10-25/h5-6,8,13-14,24-25H,3-4,7,9-10H2,1-2H3,(H,19,20,21,22). The van der Waals surface area contributed by atoms with Gasteiger partial charge in [0.15, 0.2) is 5.82 Å². The van der Waals surface area contributed by atoms with E-state index in [1.165, 1.54) is 0 Å². The molecule has 1 aliphatic rings. The van der Waals surface area contributed by atoms with Gasteiger partial charge in [0, 0.05) is 23.8 Å². The van der Waals surface area contributed by atoms with Gasteiger partial charge in [-0.3, -0.25) is 9.88 Å². The number of rotatable bonds is 6. The number of nitrogens with zero attached hydrogens (tertiary/aromatic N) is 5. The summed E-state index contributed by atoms with van der Waals surface area (Å²) in [5.41, 5.74) is 2.54. The van der Waals surface area contributed by atoms with E-state index >= 15 is 0 Å². The van der Waals surface area contributed by atoms with Gasteiger partial charge in [-0.2, -0.15) is 0 Å². The molecule has 134 valence electrons. The summed E-state index contributed by atoms with van der Waals surface area (Å²) in [6.45, 7) is 4.48. The quantitative estimate of drug-likeness (QED) is 0.715. The third-order valence-electron chi connectivity index (χ3n) is 4.44. The fraction of sp³-hybridized carbons (Fsp3) is 0.529. The largest absolute Gasteiger partial charge is 0.395 e. The van der Waals surface area contributed by atoms with Gasteiger partial charge in [-0.15, -0.1) is 0 Å². The van der Waals surface area contributed by atoms with Crippen molar-refractivity contribution < 1.29 is 10.2 Å². The molecule has 0 aliphatic carbocycles. The van der Waals surface area contributed by atoms with Crippen molar-refractivity contribution in [3.8, 4) is 0 Å². The second-order valence-corrected chi connectivity index (χ2v) is 6.30. The lowest BCUT2D eigenvalue weighted by Crippen LogP contribution is -2.40. The second kappa shape index (κ2) is 7.81. The molecule has 0 saturated carbocycles. The highest BCUT2D eigenvalue weighted by atomic mass is 16.3. The van der Waals surface area contributed by atoms with Crippen molar-refractivity contribution in [1.82, 2.24) is 24.8 Å². The van der Waals surface area contributed by atoms with Crippen LogP contribution in [0.3, 0.4) is 0 Å². The van der Waals surface area contributed by atoms with Crippen molar-refractivity contribution in [2.24, 2.45) is 0 Å². The molecule has 3 rings (SSSR count). The average Bonchev–Trinajstić information content (AvgIpc) is 3.05. The molecule has 8 nitrogen and oxygen atoms in total. The van der Waals surface area contributed by atoms with Crippen LogP contribution in [0.2, 0.25) is 0 Å². The molecule has 0 aromatic carbocycles. The molecule has 3 heterocycles. The lowest BCUT2D eigenvalue weighted by atomic mass is 10.1. The molecule has 1 fully saturated rings. The summed E-state index contributed by atoms with van der Waals surface area (Å²) in [7, 11) is 0. The van der Waals surface area contributed by atoms with Gasteiger partial charge in [0.05, 0.1) is 25.3 Å². The number of nitrogens with one attached hydrogen (secondary N) is 1. The Morgan fingerprint density at radius 1 is 1.16 bits per heavy atom. The normalized spacial score (nSPS) is 18.0. The molecular weight excluding hydrogens is 320 g/mol. The predicted molar refractivity (Wildman–Crippen MR) is 93.5 cm³/mol. The van der Waals surface area contributed by atoms with Gasteiger partial charge in [0.1, 0.15) is 5.69 Å². The van der Waals surface area contributed by atoms with E-state index in [2.05, 4.69) is 30.2 Å². The monoisotopic (exact) mass is 344 g/mol. The van der Waals surface area contributed by atoms with Crippen LogP contribution in [-0.4, -0.2) is 60.8 Å². The Labute approximate surface area is 147 Å². The molecule has 1 unspecified atom stereocenters.